The van der Waals surface area contributed by atoms with Crippen molar-refractivity contribution in [3.05, 3.63) is 77.5 Å². The van der Waals surface area contributed by atoms with Crippen LogP contribution in [0.4, 0.5) is 20.3 Å². The van der Waals surface area contributed by atoms with Crippen LogP contribution < -0.4 is 15.5 Å². The van der Waals surface area contributed by atoms with Crippen LogP contribution in [0, 0.1) is 17.8 Å². The summed E-state index contributed by atoms with van der Waals surface area (Å²) < 4.78 is 49.3. The van der Waals surface area contributed by atoms with Crippen LogP contribution in [0.5, 0.6) is 0 Å². The first-order valence-electron chi connectivity index (χ1n) is 22.6. The van der Waals surface area contributed by atoms with Crippen molar-refractivity contribution in [1.82, 2.24) is 39.8 Å². The van der Waals surface area contributed by atoms with Crippen LogP contribution in [0.15, 0.2) is 59.5 Å². The van der Waals surface area contributed by atoms with Gasteiger partial charge in [0.15, 0.2) is 16.9 Å². The van der Waals surface area contributed by atoms with Gasteiger partial charge in [-0.05, 0) is 92.3 Å². The Morgan fingerprint density at radius 1 is 1.02 bits per heavy atom. The number of benzene rings is 2. The zero-order chi connectivity index (χ0) is 44.2. The summed E-state index contributed by atoms with van der Waals surface area (Å²) in [6.45, 7) is 4.54. The van der Waals surface area contributed by atoms with Crippen molar-refractivity contribution < 1.29 is 37.2 Å². The van der Waals surface area contributed by atoms with E-state index in [0.29, 0.717) is 42.5 Å². The van der Waals surface area contributed by atoms with Crippen molar-refractivity contribution in [3.8, 4) is 11.8 Å². The molecule has 2 aromatic carbocycles. The van der Waals surface area contributed by atoms with E-state index >= 15 is 0 Å². The predicted octanol–water partition coefficient (Wildman–Crippen LogP) is 6.17. The first-order valence-corrected chi connectivity index (χ1v) is 22.6. The lowest BCUT2D eigenvalue weighted by atomic mass is 9.85. The molecule has 2 bridgehead atoms. The molecule has 0 spiro atoms. The van der Waals surface area contributed by atoms with Crippen LogP contribution in [-0.2, 0) is 19.1 Å². The highest BCUT2D eigenvalue weighted by Crippen LogP contribution is 2.38. The Balaban J connectivity index is 0.658. The van der Waals surface area contributed by atoms with Crippen LogP contribution in [0.2, 0.25) is 0 Å². The lowest BCUT2D eigenvalue weighted by Gasteiger charge is -2.36. The molecular weight excluding hydrogens is 839 g/mol. The number of ether oxygens (including phenoxy) is 2. The van der Waals surface area contributed by atoms with Crippen LogP contribution in [-0.4, -0.2) is 110 Å². The van der Waals surface area contributed by atoms with Gasteiger partial charge in [0.05, 0.1) is 54.1 Å². The molecule has 8 heterocycles. The molecule has 4 aliphatic heterocycles. The van der Waals surface area contributed by atoms with Gasteiger partial charge in [0.1, 0.15) is 23.7 Å². The molecule has 3 atom stereocenters. The maximum atomic E-state index is 14.3. The molecule has 18 heteroatoms. The van der Waals surface area contributed by atoms with E-state index in [0.717, 1.165) is 98.7 Å². The predicted molar refractivity (Wildman–Crippen MR) is 234 cm³/mol. The number of anilines is 2. The number of nitrogens with one attached hydrogen (secondary N) is 2. The number of likely N-dealkylation sites (tertiary alicyclic amines) is 1. The molecule has 0 radical (unpaired) electrons. The van der Waals surface area contributed by atoms with Crippen molar-refractivity contribution in [2.75, 3.05) is 49.6 Å². The van der Waals surface area contributed by atoms with E-state index in [1.807, 2.05) is 36.4 Å². The number of carbonyl (C=O) groups excluding carboxylic acids is 3. The van der Waals surface area contributed by atoms with Crippen molar-refractivity contribution in [2.45, 2.75) is 94.4 Å². The van der Waals surface area contributed by atoms with Gasteiger partial charge >= 0.3 is 0 Å². The number of halogens is 2. The molecule has 6 aromatic rings. The molecular formula is C47H48F2N10O6. The molecule has 2 N–H and O–H groups in total. The van der Waals surface area contributed by atoms with Gasteiger partial charge in [0.2, 0.25) is 11.8 Å². The second-order valence-electron chi connectivity index (χ2n) is 18.0. The quantitative estimate of drug-likeness (QED) is 0.119. The summed E-state index contributed by atoms with van der Waals surface area (Å²) in [6.07, 6.45) is 9.12. The first-order chi connectivity index (χ1) is 31.7. The Bertz CT molecular complexity index is 2870. The number of morpholine rings is 1. The first kappa shape index (κ1) is 41.4. The van der Waals surface area contributed by atoms with Gasteiger partial charge in [-0.3, -0.25) is 24.4 Å². The molecule has 1 saturated carbocycles. The van der Waals surface area contributed by atoms with Gasteiger partial charge < -0.3 is 29.1 Å². The molecule has 65 heavy (non-hydrogen) atoms. The SMILES string of the molecule is O=C1CC[C@@H](c2noc3ccc4c(C#CCOC5CCN(CC6CCC(n7cc(NC(=O)c8cnn9ccc(N%10C[C@H]%11C[C@@H]%10CO%11)nc89)c(C(F)F)n7)CC6)CC5)cccc4c23)C(=O)N1. The standard InChI is InChI=1S/C47H48F2N10O6/c48-44(49)43-37(51-47(62)36-22-50-58-19-16-39(52-45(36)58)57-24-32-21-30(57)26-64-32)25-59(54-43)29-8-6-27(7-9-29)23-56-17-14-31(15-18-56)63-20-2-4-28-3-1-5-34-33(28)10-12-38-41(34)42(55-65-38)35-11-13-40(60)53-46(35)61/h1,3,5,10,12,16,19,22,25,27,29-32,35,44H,6-9,11,13-15,17-18,20-21,23-24,26H2,(H,51,62)(H,53,60,61)/t27?,29?,30-,32-,35+/m1/s1. The fraction of sp³-hybridized carbons (Fsp3) is 0.468. The maximum absolute atomic E-state index is 14.3. The lowest BCUT2D eigenvalue weighted by Crippen LogP contribution is -2.40. The number of alkyl halides is 2. The van der Waals surface area contributed by atoms with Crippen molar-refractivity contribution in [1.29, 1.82) is 0 Å². The summed E-state index contributed by atoms with van der Waals surface area (Å²) in [6, 6.07) is 11.7. The maximum Gasteiger partial charge on any atom is 0.284 e. The summed E-state index contributed by atoms with van der Waals surface area (Å²) in [4.78, 5) is 47.4. The minimum atomic E-state index is -2.86. The van der Waals surface area contributed by atoms with Gasteiger partial charge in [-0.1, -0.05) is 29.1 Å². The smallest absolute Gasteiger partial charge is 0.284 e. The summed E-state index contributed by atoms with van der Waals surface area (Å²) in [5.74, 6) is 5.97. The number of carbonyl (C=O) groups is 3. The van der Waals surface area contributed by atoms with E-state index in [9.17, 15) is 23.2 Å². The number of aromatic nitrogens is 6. The van der Waals surface area contributed by atoms with Gasteiger partial charge in [0, 0.05) is 50.6 Å². The Labute approximate surface area is 371 Å². The Hall–Kier alpha value is -6.29. The van der Waals surface area contributed by atoms with E-state index < -0.39 is 23.9 Å². The molecule has 0 unspecified atom stereocenters. The van der Waals surface area contributed by atoms with Crippen molar-refractivity contribution >= 4 is 56.6 Å². The number of hydrogen-bond acceptors (Lipinski definition) is 12. The third kappa shape index (κ3) is 8.10. The normalized spacial score (nSPS) is 24.0. The molecule has 16 nitrogen and oxygen atoms in total. The van der Waals surface area contributed by atoms with Crippen molar-refractivity contribution in [3.63, 3.8) is 0 Å². The number of rotatable bonds is 10. The largest absolute Gasteiger partial charge is 0.374 e. The van der Waals surface area contributed by atoms with E-state index in [1.54, 1.807) is 17.1 Å². The molecule has 1 aliphatic carbocycles. The van der Waals surface area contributed by atoms with Crippen LogP contribution in [0.25, 0.3) is 27.4 Å². The van der Waals surface area contributed by atoms with Crippen LogP contribution in [0.3, 0.4) is 0 Å². The molecule has 3 amide bonds. The van der Waals surface area contributed by atoms with E-state index in [1.165, 1.54) is 10.7 Å². The zero-order valence-corrected chi connectivity index (χ0v) is 35.6. The highest BCUT2D eigenvalue weighted by molar-refractivity contribution is 6.11. The monoisotopic (exact) mass is 886 g/mol. The average Bonchev–Trinajstić information content (AvgIpc) is 4.18. The Kier molecular flexibility index (Phi) is 11.0. The number of imide groups is 1. The summed E-state index contributed by atoms with van der Waals surface area (Å²) >= 11 is 0. The number of nitrogens with zero attached hydrogens (tertiary/aromatic N) is 8. The average molecular weight is 887 g/mol. The zero-order valence-electron chi connectivity index (χ0n) is 35.6. The second kappa shape index (κ2) is 17.3. The number of amides is 3. The summed E-state index contributed by atoms with van der Waals surface area (Å²) in [5, 5.41) is 20.5. The third-order valence-electron chi connectivity index (χ3n) is 14.0. The van der Waals surface area contributed by atoms with E-state index in [4.69, 9.17) is 19.0 Å². The third-order valence-corrected chi connectivity index (χ3v) is 14.0. The highest BCUT2D eigenvalue weighted by atomic mass is 19.3. The summed E-state index contributed by atoms with van der Waals surface area (Å²) in [7, 11) is 0. The Morgan fingerprint density at radius 3 is 2.66 bits per heavy atom. The minimum Gasteiger partial charge on any atom is -0.374 e. The van der Waals surface area contributed by atoms with Crippen LogP contribution in [0.1, 0.15) is 103 Å². The van der Waals surface area contributed by atoms with Crippen LogP contribution >= 0.6 is 0 Å². The van der Waals surface area contributed by atoms with E-state index in [2.05, 4.69) is 47.6 Å². The van der Waals surface area contributed by atoms with E-state index in [-0.39, 0.29) is 53.8 Å². The lowest BCUT2D eigenvalue weighted by molar-refractivity contribution is -0.134. The Morgan fingerprint density at radius 2 is 1.88 bits per heavy atom. The molecule has 5 aliphatic rings. The van der Waals surface area contributed by atoms with Crippen molar-refractivity contribution in [2.24, 2.45) is 5.92 Å². The topological polar surface area (TPSA) is 174 Å². The second-order valence-corrected chi connectivity index (χ2v) is 18.0. The molecule has 11 rings (SSSR count). The molecule has 4 aromatic heterocycles. The number of fused-ring (bicyclic) bond motifs is 6. The molecule has 4 saturated heterocycles. The summed E-state index contributed by atoms with van der Waals surface area (Å²) in [5.41, 5.74) is 2.06. The molecule has 336 valence electrons. The van der Waals surface area contributed by atoms with Gasteiger partial charge in [-0.25, -0.2) is 18.3 Å². The number of piperidine rings is 2. The van der Waals surface area contributed by atoms with Gasteiger partial charge in [-0.2, -0.15) is 10.2 Å². The fourth-order valence-corrected chi connectivity index (χ4v) is 10.5. The number of hydrogen-bond donors (Lipinski definition) is 2. The minimum absolute atomic E-state index is 0.00257. The van der Waals surface area contributed by atoms with Gasteiger partial charge in [0.25, 0.3) is 12.3 Å². The van der Waals surface area contributed by atoms with Gasteiger partial charge in [-0.15, -0.1) is 0 Å². The fourth-order valence-electron chi connectivity index (χ4n) is 10.5. The highest BCUT2D eigenvalue weighted by Gasteiger charge is 2.40. The molecule has 5 fully saturated rings.